The van der Waals surface area contributed by atoms with E-state index in [9.17, 15) is 9.59 Å². The molecule has 0 aliphatic rings. The maximum absolute atomic E-state index is 12.3. The van der Waals surface area contributed by atoms with Crippen molar-refractivity contribution in [2.24, 2.45) is 0 Å². The molecule has 2 aromatic carbocycles. The minimum Gasteiger partial charge on any atom is -0.496 e. The maximum atomic E-state index is 12.3. The molecule has 0 aliphatic carbocycles. The monoisotopic (exact) mass is 382 g/mol. The van der Waals surface area contributed by atoms with Crippen molar-refractivity contribution in [3.8, 4) is 11.5 Å². The van der Waals surface area contributed by atoms with Crippen LogP contribution < -0.4 is 20.3 Å². The number of nitrogens with one attached hydrogen (secondary N) is 2. The molecule has 0 atom stereocenters. The fourth-order valence-corrected chi connectivity index (χ4v) is 2.47. The van der Waals surface area contributed by atoms with Crippen LogP contribution in [0.2, 0.25) is 0 Å². The van der Waals surface area contributed by atoms with Crippen LogP contribution in [-0.2, 0) is 4.79 Å². The number of hydrogen-bond acceptors (Lipinski definition) is 5. The van der Waals surface area contributed by atoms with E-state index in [1.54, 1.807) is 44.6 Å². The van der Waals surface area contributed by atoms with Crippen LogP contribution in [0.1, 0.15) is 21.5 Å². The van der Waals surface area contributed by atoms with Crippen LogP contribution in [0.4, 0.5) is 0 Å². The summed E-state index contributed by atoms with van der Waals surface area (Å²) >= 11 is 0. The van der Waals surface area contributed by atoms with Gasteiger partial charge in [0.25, 0.3) is 11.8 Å². The summed E-state index contributed by atoms with van der Waals surface area (Å²) in [7, 11) is 3.17. The number of carbonyl (C=O) groups is 2. The summed E-state index contributed by atoms with van der Waals surface area (Å²) in [6, 6.07) is 12.3. The molecule has 0 heterocycles. The highest BCUT2D eigenvalue weighted by molar-refractivity contribution is 5.95. The van der Waals surface area contributed by atoms with Gasteiger partial charge >= 0.3 is 0 Å². The lowest BCUT2D eigenvalue weighted by Crippen LogP contribution is -2.23. The Labute approximate surface area is 163 Å². The topological polar surface area (TPSA) is 96.9 Å². The zero-order valence-electron chi connectivity index (χ0n) is 15.6. The molecule has 0 fully saturated rings. The molecule has 2 aromatic rings. The molecular formula is C21H22N2O5. The molecule has 7 nitrogen and oxygen atoms in total. The predicted molar refractivity (Wildman–Crippen MR) is 106 cm³/mol. The van der Waals surface area contributed by atoms with Crippen LogP contribution in [0.3, 0.4) is 0 Å². The van der Waals surface area contributed by atoms with Gasteiger partial charge in [-0.1, -0.05) is 24.3 Å². The van der Waals surface area contributed by atoms with Gasteiger partial charge in [0, 0.05) is 18.2 Å². The molecule has 0 aromatic heterocycles. The molecule has 0 spiro atoms. The second-order valence-electron chi connectivity index (χ2n) is 5.62. The number of carbonyl (C=O) groups excluding carboxylic acids is 2. The molecule has 146 valence electrons. The van der Waals surface area contributed by atoms with Gasteiger partial charge in [-0.25, -0.2) is 5.48 Å². The normalized spacial score (nSPS) is 10.8. The van der Waals surface area contributed by atoms with Gasteiger partial charge in [0.2, 0.25) is 0 Å². The van der Waals surface area contributed by atoms with E-state index < -0.39 is 5.91 Å². The van der Waals surface area contributed by atoms with Crippen LogP contribution in [0.25, 0.3) is 12.2 Å². The summed E-state index contributed by atoms with van der Waals surface area (Å²) < 4.78 is 10.7. The second-order valence-corrected chi connectivity index (χ2v) is 5.62. The molecule has 0 radical (unpaired) electrons. The number of hydrogen-bond donors (Lipinski definition) is 3. The largest absolute Gasteiger partial charge is 0.496 e. The van der Waals surface area contributed by atoms with Crippen molar-refractivity contribution in [1.29, 1.82) is 0 Å². The molecular weight excluding hydrogens is 360 g/mol. The molecule has 2 rings (SSSR count). The predicted octanol–water partition coefficient (Wildman–Crippen LogP) is 2.67. The Balaban J connectivity index is 2.01. The highest BCUT2D eigenvalue weighted by atomic mass is 16.5. The lowest BCUT2D eigenvalue weighted by Gasteiger charge is -2.09. The lowest BCUT2D eigenvalue weighted by atomic mass is 10.1. The number of benzene rings is 2. The Morgan fingerprint density at radius 3 is 2.36 bits per heavy atom. The third kappa shape index (κ3) is 5.72. The third-order valence-electron chi connectivity index (χ3n) is 3.82. The van der Waals surface area contributed by atoms with Crippen molar-refractivity contribution < 1.29 is 24.3 Å². The highest BCUT2D eigenvalue weighted by Gasteiger charge is 2.07. The van der Waals surface area contributed by atoms with Crippen LogP contribution in [0, 0.1) is 0 Å². The number of rotatable bonds is 8. The van der Waals surface area contributed by atoms with E-state index >= 15 is 0 Å². The van der Waals surface area contributed by atoms with E-state index in [0.717, 1.165) is 5.56 Å². The van der Waals surface area contributed by atoms with Crippen LogP contribution in [-0.4, -0.2) is 37.8 Å². The van der Waals surface area contributed by atoms with Crippen molar-refractivity contribution in [2.45, 2.75) is 0 Å². The molecule has 0 saturated carbocycles. The zero-order chi connectivity index (χ0) is 20.4. The molecule has 3 N–H and O–H groups in total. The first kappa shape index (κ1) is 20.7. The maximum Gasteiger partial charge on any atom is 0.267 e. The summed E-state index contributed by atoms with van der Waals surface area (Å²) in [6.45, 7) is 0.313. The standard InChI is InChI=1S/C21H22N2O5/c1-27-18-9-4-10-19(28-2)17(18)8-5-13-22-21(25)16-7-3-6-15(14-16)11-12-20(24)23-26/h3-12,14,26H,13H2,1-2H3,(H,22,25)(H,23,24). The Morgan fingerprint density at radius 2 is 1.71 bits per heavy atom. The van der Waals surface area contributed by atoms with E-state index in [1.165, 1.54) is 17.6 Å². The van der Waals surface area contributed by atoms with Crippen LogP contribution >= 0.6 is 0 Å². The van der Waals surface area contributed by atoms with E-state index in [2.05, 4.69) is 5.32 Å². The molecule has 0 saturated heterocycles. The summed E-state index contributed by atoms with van der Waals surface area (Å²) in [4.78, 5) is 23.3. The third-order valence-corrected chi connectivity index (χ3v) is 3.82. The van der Waals surface area contributed by atoms with Gasteiger partial charge in [0.15, 0.2) is 0 Å². The minimum absolute atomic E-state index is 0.251. The Hall–Kier alpha value is -3.58. The molecule has 2 amide bonds. The number of ether oxygens (including phenoxy) is 2. The van der Waals surface area contributed by atoms with Gasteiger partial charge < -0.3 is 14.8 Å². The average molecular weight is 382 g/mol. The molecule has 28 heavy (non-hydrogen) atoms. The smallest absolute Gasteiger partial charge is 0.267 e. The molecule has 0 aliphatic heterocycles. The van der Waals surface area contributed by atoms with Crippen molar-refractivity contribution in [3.05, 3.63) is 71.3 Å². The van der Waals surface area contributed by atoms with Crippen molar-refractivity contribution >= 4 is 24.0 Å². The number of methoxy groups -OCH3 is 2. The van der Waals surface area contributed by atoms with E-state index in [-0.39, 0.29) is 5.91 Å². The first-order valence-corrected chi connectivity index (χ1v) is 8.47. The van der Waals surface area contributed by atoms with Crippen molar-refractivity contribution in [1.82, 2.24) is 10.8 Å². The van der Waals surface area contributed by atoms with Crippen LogP contribution in [0.15, 0.2) is 54.6 Å². The molecule has 0 bridgehead atoms. The number of amides is 2. The van der Waals surface area contributed by atoms with E-state index in [0.29, 0.717) is 29.2 Å². The van der Waals surface area contributed by atoms with Gasteiger partial charge in [0.05, 0.1) is 19.8 Å². The van der Waals surface area contributed by atoms with Gasteiger partial charge in [0.1, 0.15) is 11.5 Å². The zero-order valence-corrected chi connectivity index (χ0v) is 15.6. The SMILES string of the molecule is COc1cccc(OC)c1C=CCNC(=O)c1cccc(C=CC(=O)NO)c1. The lowest BCUT2D eigenvalue weighted by molar-refractivity contribution is -0.124. The molecule has 0 unspecified atom stereocenters. The second kappa shape index (κ2) is 10.5. The Kier molecular flexibility index (Phi) is 7.80. The summed E-state index contributed by atoms with van der Waals surface area (Å²) in [5, 5.41) is 11.3. The van der Waals surface area contributed by atoms with Gasteiger partial charge in [-0.3, -0.25) is 14.8 Å². The average Bonchev–Trinajstić information content (AvgIpc) is 2.74. The first-order chi connectivity index (χ1) is 13.6. The van der Waals surface area contributed by atoms with E-state index in [4.69, 9.17) is 14.7 Å². The highest BCUT2D eigenvalue weighted by Crippen LogP contribution is 2.29. The first-order valence-electron chi connectivity index (χ1n) is 8.47. The van der Waals surface area contributed by atoms with Gasteiger partial charge in [-0.15, -0.1) is 0 Å². The quantitative estimate of drug-likeness (QED) is 0.371. The van der Waals surface area contributed by atoms with E-state index in [1.807, 2.05) is 24.3 Å². The van der Waals surface area contributed by atoms with Gasteiger partial charge in [-0.2, -0.15) is 0 Å². The van der Waals surface area contributed by atoms with Crippen molar-refractivity contribution in [3.63, 3.8) is 0 Å². The molecule has 7 heteroatoms. The summed E-state index contributed by atoms with van der Waals surface area (Å²) in [5.41, 5.74) is 3.41. The summed E-state index contributed by atoms with van der Waals surface area (Å²) in [6.07, 6.45) is 6.29. The fraction of sp³-hybridized carbons (Fsp3) is 0.143. The van der Waals surface area contributed by atoms with Crippen molar-refractivity contribution in [2.75, 3.05) is 20.8 Å². The number of hydroxylamine groups is 1. The Bertz CT molecular complexity index is 868. The fourth-order valence-electron chi connectivity index (χ4n) is 2.47. The minimum atomic E-state index is -0.647. The summed E-state index contributed by atoms with van der Waals surface area (Å²) in [5.74, 6) is 0.451. The van der Waals surface area contributed by atoms with Crippen LogP contribution in [0.5, 0.6) is 11.5 Å². The van der Waals surface area contributed by atoms with Gasteiger partial charge in [-0.05, 0) is 42.0 Å². The Morgan fingerprint density at radius 1 is 1.04 bits per heavy atom.